The van der Waals surface area contributed by atoms with Crippen molar-refractivity contribution in [2.75, 3.05) is 18.2 Å². The minimum Gasteiger partial charge on any atom is -0.452 e. The van der Waals surface area contributed by atoms with Gasteiger partial charge in [-0.1, -0.05) is 59.6 Å². The fraction of sp³-hybridized carbons (Fsp3) is 0.167. The number of rotatable bonds is 6. The summed E-state index contributed by atoms with van der Waals surface area (Å²) in [4.78, 5) is 30.9. The van der Waals surface area contributed by atoms with E-state index in [0.29, 0.717) is 22.9 Å². The van der Waals surface area contributed by atoms with E-state index in [1.54, 1.807) is 0 Å². The van der Waals surface area contributed by atoms with Crippen molar-refractivity contribution in [3.05, 3.63) is 99.7 Å². The summed E-state index contributed by atoms with van der Waals surface area (Å²) in [6.45, 7) is 1.46. The van der Waals surface area contributed by atoms with Gasteiger partial charge in [0.15, 0.2) is 16.4 Å². The Morgan fingerprint density at radius 1 is 1.05 bits per heavy atom. The van der Waals surface area contributed by atoms with E-state index in [1.165, 1.54) is 23.8 Å². The van der Waals surface area contributed by atoms with Crippen LogP contribution in [-0.4, -0.2) is 38.1 Å². The summed E-state index contributed by atoms with van der Waals surface area (Å²) in [5.74, 6) is -1.28. The fourth-order valence-electron chi connectivity index (χ4n) is 4.60. The van der Waals surface area contributed by atoms with Gasteiger partial charge in [-0.25, -0.2) is 18.2 Å². The summed E-state index contributed by atoms with van der Waals surface area (Å²) < 4.78 is 29.2. The normalized spacial score (nSPS) is 13.9. The second-order valence-electron chi connectivity index (χ2n) is 9.45. The molecule has 1 aromatic heterocycles. The van der Waals surface area contributed by atoms with Crippen LogP contribution in [0.5, 0.6) is 0 Å². The van der Waals surface area contributed by atoms with Gasteiger partial charge < -0.3 is 10.1 Å². The Labute approximate surface area is 231 Å². The molecule has 1 heterocycles. The molecule has 0 spiro atoms. The maximum Gasteiger partial charge on any atom is 0.339 e. The lowest BCUT2D eigenvalue weighted by atomic mass is 10.0. The minimum absolute atomic E-state index is 0.00695. The lowest BCUT2D eigenvalue weighted by molar-refractivity contribution is -0.119. The van der Waals surface area contributed by atoms with E-state index in [9.17, 15) is 18.0 Å². The number of ether oxygens (including phenoxy) is 1. The lowest BCUT2D eigenvalue weighted by Gasteiger charge is -2.13. The number of para-hydroxylation sites is 1. The number of allylic oxidation sites excluding steroid dienone is 1. The highest BCUT2D eigenvalue weighted by Gasteiger charge is 2.28. The van der Waals surface area contributed by atoms with Crippen LogP contribution in [0.3, 0.4) is 0 Å². The number of esters is 1. The standard InChI is InChI=1S/C30H25ClN2O5S/c1-18-7-9-19(10-8-18)15-20-11-13-23-28(22-5-3-4-6-25(22)33-29(20)23)30(35)38-17-27(34)32-26-16-21(39(2,36)37)12-14-24(26)31/h3-10,12,14-16H,11,13,17H2,1-2H3,(H,32,34). The van der Waals surface area contributed by atoms with E-state index in [-0.39, 0.29) is 15.6 Å². The average Bonchev–Trinajstić information content (AvgIpc) is 3.29. The first-order valence-corrected chi connectivity index (χ1v) is 14.5. The predicted molar refractivity (Wildman–Crippen MR) is 153 cm³/mol. The van der Waals surface area contributed by atoms with Crippen LogP contribution in [-0.2, 0) is 25.8 Å². The molecule has 0 saturated heterocycles. The number of aryl methyl sites for hydroxylation is 1. The lowest BCUT2D eigenvalue weighted by Crippen LogP contribution is -2.22. The summed E-state index contributed by atoms with van der Waals surface area (Å²) >= 11 is 6.13. The molecule has 0 fully saturated rings. The topological polar surface area (TPSA) is 102 Å². The largest absolute Gasteiger partial charge is 0.452 e. The second-order valence-corrected chi connectivity index (χ2v) is 11.9. The number of hydrogen-bond donors (Lipinski definition) is 1. The van der Waals surface area contributed by atoms with E-state index in [4.69, 9.17) is 21.3 Å². The van der Waals surface area contributed by atoms with Gasteiger partial charge >= 0.3 is 5.97 Å². The number of benzene rings is 3. The van der Waals surface area contributed by atoms with Gasteiger partial charge in [0.1, 0.15) is 0 Å². The van der Waals surface area contributed by atoms with Crippen molar-refractivity contribution in [1.29, 1.82) is 0 Å². The summed E-state index contributed by atoms with van der Waals surface area (Å²) in [5, 5.41) is 3.34. The first kappa shape index (κ1) is 26.6. The quantitative estimate of drug-likeness (QED) is 0.295. The molecule has 9 heteroatoms. The van der Waals surface area contributed by atoms with Gasteiger partial charge in [-0.2, -0.15) is 0 Å². The first-order chi connectivity index (χ1) is 18.6. The number of hydrogen-bond acceptors (Lipinski definition) is 6. The molecule has 1 aliphatic carbocycles. The number of aromatic nitrogens is 1. The SMILES string of the molecule is Cc1ccc(C=C2CCc3c2nc2ccccc2c3C(=O)OCC(=O)Nc2cc(S(C)(=O)=O)ccc2Cl)cc1. The van der Waals surface area contributed by atoms with E-state index < -0.39 is 28.3 Å². The maximum absolute atomic E-state index is 13.4. The zero-order chi connectivity index (χ0) is 27.7. The predicted octanol–water partition coefficient (Wildman–Crippen LogP) is 5.88. The Hall–Kier alpha value is -4.01. The van der Waals surface area contributed by atoms with Gasteiger partial charge in [-0.3, -0.25) is 4.79 Å². The van der Waals surface area contributed by atoms with Crippen molar-refractivity contribution in [2.24, 2.45) is 0 Å². The van der Waals surface area contributed by atoms with E-state index in [2.05, 4.69) is 23.5 Å². The highest BCUT2D eigenvalue weighted by molar-refractivity contribution is 7.90. The molecule has 0 atom stereocenters. The van der Waals surface area contributed by atoms with Crippen molar-refractivity contribution in [1.82, 2.24) is 4.98 Å². The van der Waals surface area contributed by atoms with Gasteiger partial charge in [-0.05, 0) is 66.8 Å². The number of pyridine rings is 1. The van der Waals surface area contributed by atoms with Crippen molar-refractivity contribution in [3.63, 3.8) is 0 Å². The Morgan fingerprint density at radius 3 is 2.54 bits per heavy atom. The Bertz CT molecular complexity index is 1760. The third kappa shape index (κ3) is 5.72. The molecule has 0 saturated carbocycles. The van der Waals surface area contributed by atoms with Gasteiger partial charge in [0.05, 0.1) is 32.4 Å². The zero-order valence-electron chi connectivity index (χ0n) is 21.3. The fourth-order valence-corrected chi connectivity index (χ4v) is 5.41. The highest BCUT2D eigenvalue weighted by atomic mass is 35.5. The molecular weight excluding hydrogens is 536 g/mol. The summed E-state index contributed by atoms with van der Waals surface area (Å²) in [6.07, 6.45) is 4.49. The number of nitrogens with zero attached hydrogens (tertiary/aromatic N) is 1. The molecule has 3 aromatic carbocycles. The molecule has 1 aliphatic rings. The number of fused-ring (bicyclic) bond motifs is 2. The van der Waals surface area contributed by atoms with Gasteiger partial charge in [-0.15, -0.1) is 0 Å². The van der Waals surface area contributed by atoms with Crippen molar-refractivity contribution in [3.8, 4) is 0 Å². The molecule has 1 amide bonds. The molecule has 7 nitrogen and oxygen atoms in total. The number of anilines is 1. The number of sulfone groups is 1. The Kier molecular flexibility index (Phi) is 7.25. The summed E-state index contributed by atoms with van der Waals surface area (Å²) in [6, 6.07) is 19.5. The molecule has 198 valence electrons. The zero-order valence-corrected chi connectivity index (χ0v) is 22.9. The van der Waals surface area contributed by atoms with Crippen LogP contribution in [0.1, 0.15) is 39.2 Å². The Morgan fingerprint density at radius 2 is 1.79 bits per heavy atom. The maximum atomic E-state index is 13.4. The Balaban J connectivity index is 1.41. The second kappa shape index (κ2) is 10.6. The molecule has 1 N–H and O–H groups in total. The molecule has 0 aliphatic heterocycles. The molecule has 0 bridgehead atoms. The third-order valence-electron chi connectivity index (χ3n) is 6.54. The van der Waals surface area contributed by atoms with Crippen LogP contribution < -0.4 is 5.32 Å². The minimum atomic E-state index is -3.50. The van der Waals surface area contributed by atoms with Crippen LogP contribution >= 0.6 is 11.6 Å². The third-order valence-corrected chi connectivity index (χ3v) is 7.98. The van der Waals surface area contributed by atoms with E-state index in [0.717, 1.165) is 35.1 Å². The van der Waals surface area contributed by atoms with Crippen LogP contribution in [0.2, 0.25) is 5.02 Å². The van der Waals surface area contributed by atoms with Crippen LogP contribution in [0.25, 0.3) is 22.6 Å². The molecule has 0 unspecified atom stereocenters. The number of carbonyl (C=O) groups excluding carboxylic acids is 2. The van der Waals surface area contributed by atoms with Crippen molar-refractivity contribution >= 4 is 61.6 Å². The number of carbonyl (C=O) groups is 2. The van der Waals surface area contributed by atoms with Crippen LogP contribution in [0.15, 0.2) is 71.6 Å². The summed E-state index contributed by atoms with van der Waals surface area (Å²) in [7, 11) is -3.50. The number of nitrogens with one attached hydrogen (secondary N) is 1. The van der Waals surface area contributed by atoms with Crippen LogP contribution in [0, 0.1) is 6.92 Å². The van der Waals surface area contributed by atoms with Crippen LogP contribution in [0.4, 0.5) is 5.69 Å². The monoisotopic (exact) mass is 560 g/mol. The van der Waals surface area contributed by atoms with Gasteiger partial charge in [0.25, 0.3) is 5.91 Å². The van der Waals surface area contributed by atoms with Crippen molar-refractivity contribution in [2.45, 2.75) is 24.7 Å². The summed E-state index contributed by atoms with van der Waals surface area (Å²) in [5.41, 5.74) is 5.98. The van der Waals surface area contributed by atoms with Gasteiger partial charge in [0, 0.05) is 11.6 Å². The van der Waals surface area contributed by atoms with E-state index >= 15 is 0 Å². The molecule has 5 rings (SSSR count). The molecule has 0 radical (unpaired) electrons. The highest BCUT2D eigenvalue weighted by Crippen LogP contribution is 2.38. The van der Waals surface area contributed by atoms with E-state index in [1.807, 2.05) is 43.3 Å². The number of halogens is 1. The molecular formula is C30H25ClN2O5S. The molecule has 39 heavy (non-hydrogen) atoms. The number of amides is 1. The smallest absolute Gasteiger partial charge is 0.339 e. The van der Waals surface area contributed by atoms with Gasteiger partial charge in [0.2, 0.25) is 0 Å². The average molecular weight is 561 g/mol. The molecule has 4 aromatic rings. The first-order valence-electron chi connectivity index (χ1n) is 12.3. The van der Waals surface area contributed by atoms with Crippen molar-refractivity contribution < 1.29 is 22.7 Å².